The Kier molecular flexibility index (Phi) is 4.79. The van der Waals surface area contributed by atoms with Gasteiger partial charge in [-0.2, -0.15) is 4.98 Å². The van der Waals surface area contributed by atoms with Gasteiger partial charge in [-0.05, 0) is 74.6 Å². The molecule has 1 saturated carbocycles. The number of hydrogen-bond acceptors (Lipinski definition) is 6. The number of hydrogen-bond donors (Lipinski definition) is 0. The lowest BCUT2D eigenvalue weighted by Gasteiger charge is -2.28. The number of nitrogens with zero attached hydrogens (tertiary/aromatic N) is 3. The van der Waals surface area contributed by atoms with Crippen molar-refractivity contribution in [3.8, 4) is 29.0 Å². The quantitative estimate of drug-likeness (QED) is 0.377. The van der Waals surface area contributed by atoms with Gasteiger partial charge in [0.05, 0.1) is 12.3 Å². The Morgan fingerprint density at radius 1 is 1.07 bits per heavy atom. The van der Waals surface area contributed by atoms with E-state index in [0.29, 0.717) is 34.0 Å². The molecule has 0 unspecified atom stereocenters. The summed E-state index contributed by atoms with van der Waals surface area (Å²) in [6.45, 7) is 4.09. The molecule has 0 aliphatic heterocycles. The Morgan fingerprint density at radius 3 is 2.57 bits per heavy atom. The van der Waals surface area contributed by atoms with Crippen LogP contribution in [0.15, 0.2) is 47.0 Å². The molecule has 152 valence electrons. The van der Waals surface area contributed by atoms with E-state index < -0.39 is 0 Å². The second-order valence-electron chi connectivity index (χ2n) is 7.53. The minimum Gasteiger partial charge on any atom is -0.490 e. The SMILES string of the molecule is Cc1cc(-c2nc3cnc(Oc4cccc(Cl)c4)nc3o2)cc(C)c1OC1CCC1. The van der Waals surface area contributed by atoms with Gasteiger partial charge < -0.3 is 13.9 Å². The number of aromatic nitrogens is 3. The fourth-order valence-electron chi connectivity index (χ4n) is 3.44. The third kappa shape index (κ3) is 3.71. The molecule has 7 heteroatoms. The van der Waals surface area contributed by atoms with E-state index in [1.165, 1.54) is 6.42 Å². The second kappa shape index (κ2) is 7.61. The number of oxazole rings is 1. The molecular weight excluding hydrogens is 402 g/mol. The van der Waals surface area contributed by atoms with E-state index >= 15 is 0 Å². The highest BCUT2D eigenvalue weighted by Gasteiger charge is 2.22. The van der Waals surface area contributed by atoms with E-state index in [9.17, 15) is 0 Å². The van der Waals surface area contributed by atoms with E-state index in [1.807, 2.05) is 26.0 Å². The van der Waals surface area contributed by atoms with Crippen LogP contribution in [-0.2, 0) is 0 Å². The summed E-state index contributed by atoms with van der Waals surface area (Å²) in [7, 11) is 0. The van der Waals surface area contributed by atoms with Crippen LogP contribution in [0.5, 0.6) is 17.5 Å². The van der Waals surface area contributed by atoms with Gasteiger partial charge in [-0.3, -0.25) is 0 Å². The molecule has 2 heterocycles. The van der Waals surface area contributed by atoms with E-state index in [-0.39, 0.29) is 6.01 Å². The van der Waals surface area contributed by atoms with Crippen LogP contribution in [0.2, 0.25) is 5.02 Å². The molecule has 0 saturated heterocycles. The average Bonchev–Trinajstić information content (AvgIpc) is 3.09. The minimum atomic E-state index is 0.170. The van der Waals surface area contributed by atoms with Crippen molar-refractivity contribution in [2.24, 2.45) is 0 Å². The Labute approximate surface area is 178 Å². The van der Waals surface area contributed by atoms with Gasteiger partial charge in [0.1, 0.15) is 17.0 Å². The van der Waals surface area contributed by atoms with Crippen LogP contribution in [-0.4, -0.2) is 21.1 Å². The summed E-state index contributed by atoms with van der Waals surface area (Å²) in [6.07, 6.45) is 5.43. The van der Waals surface area contributed by atoms with Gasteiger partial charge in [-0.1, -0.05) is 17.7 Å². The highest BCUT2D eigenvalue weighted by molar-refractivity contribution is 6.30. The van der Waals surface area contributed by atoms with Gasteiger partial charge in [0.25, 0.3) is 5.71 Å². The fourth-order valence-corrected chi connectivity index (χ4v) is 3.62. The van der Waals surface area contributed by atoms with Crippen molar-refractivity contribution in [3.63, 3.8) is 0 Å². The summed E-state index contributed by atoms with van der Waals surface area (Å²) >= 11 is 5.99. The first kappa shape index (κ1) is 18.9. The second-order valence-corrected chi connectivity index (χ2v) is 7.97. The molecule has 1 aliphatic rings. The third-order valence-electron chi connectivity index (χ3n) is 5.18. The van der Waals surface area contributed by atoms with Crippen LogP contribution in [0.25, 0.3) is 22.7 Å². The number of halogens is 1. The summed E-state index contributed by atoms with van der Waals surface area (Å²) in [4.78, 5) is 13.1. The molecular formula is C23H20ClN3O3. The van der Waals surface area contributed by atoms with Gasteiger partial charge in [0.2, 0.25) is 5.89 Å². The molecule has 0 amide bonds. The van der Waals surface area contributed by atoms with E-state index in [4.69, 9.17) is 25.5 Å². The lowest BCUT2D eigenvalue weighted by Crippen LogP contribution is -2.25. The molecule has 0 atom stereocenters. The predicted molar refractivity (Wildman–Crippen MR) is 114 cm³/mol. The van der Waals surface area contributed by atoms with Gasteiger partial charge in [-0.25, -0.2) is 9.97 Å². The van der Waals surface area contributed by atoms with Gasteiger partial charge >= 0.3 is 6.01 Å². The van der Waals surface area contributed by atoms with Gasteiger partial charge in [0.15, 0.2) is 0 Å². The zero-order chi connectivity index (χ0) is 20.7. The van der Waals surface area contributed by atoms with Crippen molar-refractivity contribution in [2.45, 2.75) is 39.2 Å². The summed E-state index contributed by atoms with van der Waals surface area (Å²) < 4.78 is 17.7. The summed E-state index contributed by atoms with van der Waals surface area (Å²) in [5.41, 5.74) is 3.93. The van der Waals surface area contributed by atoms with Crippen LogP contribution in [0.3, 0.4) is 0 Å². The fraction of sp³-hybridized carbons (Fsp3) is 0.261. The molecule has 0 spiro atoms. The normalized spacial score (nSPS) is 14.0. The first-order valence-corrected chi connectivity index (χ1v) is 10.3. The topological polar surface area (TPSA) is 70.3 Å². The summed E-state index contributed by atoms with van der Waals surface area (Å²) in [6, 6.07) is 11.3. The van der Waals surface area contributed by atoms with Crippen molar-refractivity contribution in [3.05, 3.63) is 58.7 Å². The minimum absolute atomic E-state index is 0.170. The van der Waals surface area contributed by atoms with Gasteiger partial charge in [0, 0.05) is 10.6 Å². The van der Waals surface area contributed by atoms with Crippen LogP contribution in [0.4, 0.5) is 0 Å². The zero-order valence-electron chi connectivity index (χ0n) is 16.7. The zero-order valence-corrected chi connectivity index (χ0v) is 17.4. The maximum absolute atomic E-state index is 6.14. The van der Waals surface area contributed by atoms with Crippen LogP contribution >= 0.6 is 11.6 Å². The van der Waals surface area contributed by atoms with Crippen molar-refractivity contribution in [1.82, 2.24) is 15.0 Å². The highest BCUT2D eigenvalue weighted by Crippen LogP contribution is 2.34. The molecule has 2 aromatic carbocycles. The highest BCUT2D eigenvalue weighted by atomic mass is 35.5. The lowest BCUT2D eigenvalue weighted by molar-refractivity contribution is 0.118. The largest absolute Gasteiger partial charge is 0.490 e. The molecule has 6 nitrogen and oxygen atoms in total. The van der Waals surface area contributed by atoms with Crippen molar-refractivity contribution in [2.75, 3.05) is 0 Å². The first-order chi connectivity index (χ1) is 14.5. The molecule has 4 aromatic rings. The molecule has 30 heavy (non-hydrogen) atoms. The molecule has 1 fully saturated rings. The molecule has 2 aromatic heterocycles. The molecule has 0 N–H and O–H groups in total. The predicted octanol–water partition coefficient (Wildman–Crippen LogP) is 6.28. The summed E-state index contributed by atoms with van der Waals surface area (Å²) in [5, 5.41) is 0.575. The Morgan fingerprint density at radius 2 is 1.87 bits per heavy atom. The maximum Gasteiger partial charge on any atom is 0.325 e. The van der Waals surface area contributed by atoms with E-state index in [0.717, 1.165) is 35.3 Å². The van der Waals surface area contributed by atoms with E-state index in [1.54, 1.807) is 30.5 Å². The Bertz CT molecular complexity index is 1210. The number of ether oxygens (including phenoxy) is 2. The van der Waals surface area contributed by atoms with Crippen molar-refractivity contribution >= 4 is 22.8 Å². The van der Waals surface area contributed by atoms with E-state index in [2.05, 4.69) is 15.0 Å². The molecule has 1 aliphatic carbocycles. The monoisotopic (exact) mass is 421 g/mol. The van der Waals surface area contributed by atoms with Gasteiger partial charge in [-0.15, -0.1) is 0 Å². The maximum atomic E-state index is 6.14. The third-order valence-corrected chi connectivity index (χ3v) is 5.41. The number of fused-ring (bicyclic) bond motifs is 1. The molecule has 0 radical (unpaired) electrons. The van der Waals surface area contributed by atoms with Crippen molar-refractivity contribution < 1.29 is 13.9 Å². The number of benzene rings is 2. The number of rotatable bonds is 5. The standard InChI is InChI=1S/C23H20ClN3O3/c1-13-9-15(10-14(2)20(13)28-17-6-4-7-17)21-26-19-12-25-23(27-22(19)30-21)29-18-8-3-5-16(24)11-18/h3,5,8-12,17H,4,6-7H2,1-2H3. The lowest BCUT2D eigenvalue weighted by atomic mass is 9.95. The average molecular weight is 422 g/mol. The van der Waals surface area contributed by atoms with Crippen molar-refractivity contribution in [1.29, 1.82) is 0 Å². The Balaban J connectivity index is 1.43. The smallest absolute Gasteiger partial charge is 0.325 e. The molecule has 0 bridgehead atoms. The number of aryl methyl sites for hydroxylation is 2. The molecule has 5 rings (SSSR count). The summed E-state index contributed by atoms with van der Waals surface area (Å²) in [5.74, 6) is 1.99. The first-order valence-electron chi connectivity index (χ1n) is 9.90. The van der Waals surface area contributed by atoms with Crippen LogP contribution < -0.4 is 9.47 Å². The van der Waals surface area contributed by atoms with Crippen LogP contribution in [0, 0.1) is 13.8 Å². The van der Waals surface area contributed by atoms with Crippen LogP contribution in [0.1, 0.15) is 30.4 Å². The Hall–Kier alpha value is -3.12.